The van der Waals surface area contributed by atoms with Crippen LogP contribution in [-0.2, 0) is 21.4 Å². The fraction of sp³-hybridized carbons (Fsp3) is 0.273. The molecule has 0 unspecified atom stereocenters. The van der Waals surface area contributed by atoms with Gasteiger partial charge in [-0.05, 0) is 37.1 Å². The van der Waals surface area contributed by atoms with Crippen molar-refractivity contribution in [2.24, 2.45) is 0 Å². The second-order valence-electron chi connectivity index (χ2n) is 7.63. The first-order chi connectivity index (χ1) is 15.0. The minimum Gasteiger partial charge on any atom is -0.444 e. The van der Waals surface area contributed by atoms with E-state index < -0.39 is 16.1 Å². The summed E-state index contributed by atoms with van der Waals surface area (Å²) in [5, 5.41) is 1.33. The maximum atomic E-state index is 13.4. The Bertz CT molecular complexity index is 1270. The zero-order valence-corrected chi connectivity index (χ0v) is 18.1. The highest BCUT2D eigenvalue weighted by Gasteiger charge is 2.38. The Morgan fingerprint density at radius 2 is 1.77 bits per heavy atom. The monoisotopic (exact) mass is 457 g/mol. The summed E-state index contributed by atoms with van der Waals surface area (Å²) in [5.74, 6) is 0. The van der Waals surface area contributed by atoms with Crippen molar-refractivity contribution in [3.8, 4) is 0 Å². The molecule has 9 heteroatoms. The van der Waals surface area contributed by atoms with E-state index in [4.69, 9.17) is 16.3 Å². The number of anilines is 1. The van der Waals surface area contributed by atoms with Crippen LogP contribution in [-0.4, -0.2) is 42.9 Å². The van der Waals surface area contributed by atoms with E-state index in [2.05, 4.69) is 4.98 Å². The summed E-state index contributed by atoms with van der Waals surface area (Å²) in [6, 6.07) is 14.1. The van der Waals surface area contributed by atoms with Gasteiger partial charge in [-0.25, -0.2) is 13.2 Å². The quantitative estimate of drug-likeness (QED) is 0.589. The summed E-state index contributed by atoms with van der Waals surface area (Å²) in [4.78, 5) is 18.6. The first-order valence-electron chi connectivity index (χ1n) is 10.0. The van der Waals surface area contributed by atoms with Gasteiger partial charge >= 0.3 is 6.09 Å². The number of hydrogen-bond acceptors (Lipinski definition) is 5. The topological polar surface area (TPSA) is 79.8 Å². The molecule has 0 radical (unpaired) electrons. The number of benzene rings is 2. The van der Waals surface area contributed by atoms with Crippen LogP contribution in [0.4, 0.5) is 10.5 Å². The van der Waals surface area contributed by atoms with Crippen LogP contribution in [0.25, 0.3) is 10.9 Å². The first kappa shape index (κ1) is 20.2. The zero-order chi connectivity index (χ0) is 21.6. The maximum absolute atomic E-state index is 13.4. The minimum atomic E-state index is -3.71. The van der Waals surface area contributed by atoms with Crippen molar-refractivity contribution in [2.45, 2.75) is 30.4 Å². The number of aromatic nitrogens is 1. The van der Waals surface area contributed by atoms with Gasteiger partial charge in [-0.15, -0.1) is 0 Å². The number of hydrogen-bond donors (Lipinski definition) is 0. The van der Waals surface area contributed by atoms with E-state index in [-0.39, 0.29) is 17.5 Å². The minimum absolute atomic E-state index is 0.144. The predicted octanol–water partition coefficient (Wildman–Crippen LogP) is 4.20. The molecule has 0 N–H and O–H groups in total. The molecule has 0 saturated carbocycles. The molecular weight excluding hydrogens is 438 g/mol. The molecule has 5 rings (SSSR count). The molecule has 0 spiro atoms. The molecule has 2 aliphatic rings. The van der Waals surface area contributed by atoms with E-state index in [9.17, 15) is 13.2 Å². The standard InChI is InChI=1S/C22H20ClN3O4S/c23-18-6-2-7-19-17(18)14-30-22(27)26(19)16-9-12-25(13-10-16)31(28,29)20-8-1-4-15-5-3-11-24-21(15)20/h1-8,11,16H,9-10,12-14H2. The van der Waals surface area contributed by atoms with Gasteiger partial charge in [0.2, 0.25) is 10.0 Å². The molecule has 1 fully saturated rings. The molecule has 31 heavy (non-hydrogen) atoms. The number of pyridine rings is 1. The zero-order valence-electron chi connectivity index (χ0n) is 16.6. The number of rotatable bonds is 3. The Kier molecular flexibility index (Phi) is 5.08. The predicted molar refractivity (Wildman–Crippen MR) is 118 cm³/mol. The van der Waals surface area contributed by atoms with Crippen molar-refractivity contribution >= 4 is 44.3 Å². The lowest BCUT2D eigenvalue weighted by atomic mass is 10.0. The molecule has 3 aromatic rings. The number of sulfonamides is 1. The van der Waals surface area contributed by atoms with Crippen molar-refractivity contribution in [1.29, 1.82) is 0 Å². The summed E-state index contributed by atoms with van der Waals surface area (Å²) in [7, 11) is -3.71. The summed E-state index contributed by atoms with van der Waals surface area (Å²) in [6.45, 7) is 0.747. The third kappa shape index (κ3) is 3.44. The lowest BCUT2D eigenvalue weighted by molar-refractivity contribution is 0.136. The van der Waals surface area contributed by atoms with E-state index in [0.717, 1.165) is 16.6 Å². The number of fused-ring (bicyclic) bond motifs is 2. The number of nitrogens with zero attached hydrogens (tertiary/aromatic N) is 3. The van der Waals surface area contributed by atoms with E-state index in [1.54, 1.807) is 41.4 Å². The third-order valence-corrected chi connectivity index (χ3v) is 8.18. The Labute approximate surface area is 185 Å². The second kappa shape index (κ2) is 7.78. The van der Waals surface area contributed by atoms with Crippen molar-refractivity contribution in [1.82, 2.24) is 9.29 Å². The van der Waals surface area contributed by atoms with Gasteiger partial charge in [0.15, 0.2) is 0 Å². The highest BCUT2D eigenvalue weighted by atomic mass is 35.5. The van der Waals surface area contributed by atoms with Crippen LogP contribution in [0.3, 0.4) is 0 Å². The van der Waals surface area contributed by atoms with Crippen LogP contribution in [0, 0.1) is 0 Å². The number of cyclic esters (lactones) is 1. The van der Waals surface area contributed by atoms with Gasteiger partial charge in [0.05, 0.1) is 11.2 Å². The van der Waals surface area contributed by atoms with Crippen molar-refractivity contribution in [3.05, 3.63) is 65.3 Å². The smallest absolute Gasteiger partial charge is 0.414 e. The highest BCUT2D eigenvalue weighted by molar-refractivity contribution is 7.89. The van der Waals surface area contributed by atoms with E-state index in [0.29, 0.717) is 36.5 Å². The average Bonchev–Trinajstić information content (AvgIpc) is 2.79. The Hall–Kier alpha value is -2.68. The third-order valence-electron chi connectivity index (χ3n) is 5.89. The fourth-order valence-electron chi connectivity index (χ4n) is 4.33. The number of para-hydroxylation sites is 1. The number of piperidine rings is 1. The molecule has 7 nitrogen and oxygen atoms in total. The van der Waals surface area contributed by atoms with Gasteiger partial charge in [-0.1, -0.05) is 35.9 Å². The molecule has 1 aromatic heterocycles. The number of carbonyl (C=O) groups excluding carboxylic acids is 1. The van der Waals surface area contributed by atoms with E-state index in [1.807, 2.05) is 18.2 Å². The molecule has 0 bridgehead atoms. The van der Waals surface area contributed by atoms with Crippen molar-refractivity contribution in [3.63, 3.8) is 0 Å². The lowest BCUT2D eigenvalue weighted by Gasteiger charge is -2.40. The number of halogens is 1. The van der Waals surface area contributed by atoms with Gasteiger partial charge in [-0.2, -0.15) is 4.31 Å². The molecule has 0 aliphatic carbocycles. The van der Waals surface area contributed by atoms with Crippen molar-refractivity contribution < 1.29 is 17.9 Å². The van der Waals surface area contributed by atoms with E-state index >= 15 is 0 Å². The van der Waals surface area contributed by atoms with Gasteiger partial charge in [0, 0.05) is 41.3 Å². The number of amides is 1. The normalized spacial score (nSPS) is 18.1. The summed E-state index contributed by atoms with van der Waals surface area (Å²) >= 11 is 6.28. The summed E-state index contributed by atoms with van der Waals surface area (Å²) in [6.07, 6.45) is 2.17. The summed E-state index contributed by atoms with van der Waals surface area (Å²) < 4.78 is 33.5. The van der Waals surface area contributed by atoms with Crippen molar-refractivity contribution in [2.75, 3.05) is 18.0 Å². The Morgan fingerprint density at radius 3 is 2.58 bits per heavy atom. The Balaban J connectivity index is 1.40. The van der Waals surface area contributed by atoms with Crippen LogP contribution < -0.4 is 4.90 Å². The largest absolute Gasteiger partial charge is 0.444 e. The van der Waals surface area contributed by atoms with Gasteiger partial charge < -0.3 is 4.74 Å². The summed E-state index contributed by atoms with van der Waals surface area (Å²) in [5.41, 5.74) is 1.99. The SMILES string of the molecule is O=C1OCc2c(Cl)cccc2N1C1CCN(S(=O)(=O)c2cccc3cccnc23)CC1. The fourth-order valence-corrected chi connectivity index (χ4v) is 6.19. The molecule has 160 valence electrons. The number of ether oxygens (including phenoxy) is 1. The van der Waals surface area contributed by atoms with Crippen LogP contribution >= 0.6 is 11.6 Å². The number of carbonyl (C=O) groups is 1. The molecule has 2 aromatic carbocycles. The van der Waals surface area contributed by atoms with Gasteiger partial charge in [-0.3, -0.25) is 9.88 Å². The molecular formula is C22H20ClN3O4S. The molecule has 2 aliphatic heterocycles. The average molecular weight is 458 g/mol. The second-order valence-corrected chi connectivity index (χ2v) is 9.94. The first-order valence-corrected chi connectivity index (χ1v) is 11.9. The van der Waals surface area contributed by atoms with Gasteiger partial charge in [0.25, 0.3) is 0 Å². The molecule has 3 heterocycles. The van der Waals surface area contributed by atoms with E-state index in [1.165, 1.54) is 4.31 Å². The van der Waals surface area contributed by atoms with Gasteiger partial charge in [0.1, 0.15) is 11.5 Å². The van der Waals surface area contributed by atoms with Crippen LogP contribution in [0.2, 0.25) is 5.02 Å². The molecule has 0 atom stereocenters. The Morgan fingerprint density at radius 1 is 1.03 bits per heavy atom. The van der Waals surface area contributed by atoms with Crippen LogP contribution in [0.1, 0.15) is 18.4 Å². The van der Waals surface area contributed by atoms with Crippen LogP contribution in [0.15, 0.2) is 59.6 Å². The van der Waals surface area contributed by atoms with Crippen LogP contribution in [0.5, 0.6) is 0 Å². The highest BCUT2D eigenvalue weighted by Crippen LogP contribution is 2.36. The lowest BCUT2D eigenvalue weighted by Crippen LogP contribution is -2.50. The molecule has 1 saturated heterocycles. The molecule has 1 amide bonds. The maximum Gasteiger partial charge on any atom is 0.414 e.